The van der Waals surface area contributed by atoms with E-state index >= 15 is 0 Å². The SMILES string of the molecule is COc1ccc(C(=O)CCC(=O)c2ccc3nc[nH]c3c2)cc1. The minimum atomic E-state index is -0.0524. The number of nitrogens with one attached hydrogen (secondary N) is 1. The van der Waals surface area contributed by atoms with Crippen molar-refractivity contribution in [2.75, 3.05) is 7.11 Å². The third-order valence-corrected chi connectivity index (χ3v) is 3.73. The van der Waals surface area contributed by atoms with Gasteiger partial charge in [-0.3, -0.25) is 9.59 Å². The molecule has 5 heteroatoms. The molecule has 1 heterocycles. The van der Waals surface area contributed by atoms with Crippen LogP contribution in [-0.2, 0) is 0 Å². The molecule has 0 aliphatic heterocycles. The number of rotatable bonds is 6. The zero-order valence-corrected chi connectivity index (χ0v) is 12.7. The lowest BCUT2D eigenvalue weighted by Crippen LogP contribution is -2.05. The summed E-state index contributed by atoms with van der Waals surface area (Å²) >= 11 is 0. The molecule has 0 saturated carbocycles. The van der Waals surface area contributed by atoms with E-state index in [9.17, 15) is 9.59 Å². The predicted octanol–water partition coefficient (Wildman–Crippen LogP) is 3.42. The van der Waals surface area contributed by atoms with Crippen molar-refractivity contribution in [2.45, 2.75) is 12.8 Å². The van der Waals surface area contributed by atoms with Gasteiger partial charge in [-0.25, -0.2) is 4.98 Å². The second-order valence-electron chi connectivity index (χ2n) is 5.21. The van der Waals surface area contributed by atoms with Crippen molar-refractivity contribution in [1.82, 2.24) is 9.97 Å². The number of carbonyl (C=O) groups is 2. The van der Waals surface area contributed by atoms with Gasteiger partial charge in [-0.05, 0) is 42.5 Å². The fourth-order valence-corrected chi connectivity index (χ4v) is 2.40. The van der Waals surface area contributed by atoms with Crippen LogP contribution >= 0.6 is 0 Å². The lowest BCUT2D eigenvalue weighted by molar-refractivity contribution is 0.0917. The maximum Gasteiger partial charge on any atom is 0.163 e. The van der Waals surface area contributed by atoms with Crippen molar-refractivity contribution in [1.29, 1.82) is 0 Å². The number of benzene rings is 2. The summed E-state index contributed by atoms with van der Waals surface area (Å²) in [6.45, 7) is 0. The number of ether oxygens (including phenoxy) is 1. The highest BCUT2D eigenvalue weighted by molar-refractivity contribution is 6.03. The first-order chi connectivity index (χ1) is 11.2. The number of ketones is 2. The van der Waals surface area contributed by atoms with E-state index < -0.39 is 0 Å². The van der Waals surface area contributed by atoms with Gasteiger partial charge in [0.15, 0.2) is 11.6 Å². The Labute approximate surface area is 133 Å². The number of hydrogen-bond acceptors (Lipinski definition) is 4. The van der Waals surface area contributed by atoms with Crippen molar-refractivity contribution >= 4 is 22.6 Å². The Morgan fingerprint density at radius 1 is 1.00 bits per heavy atom. The van der Waals surface area contributed by atoms with Gasteiger partial charge in [0.05, 0.1) is 24.5 Å². The molecule has 1 N–H and O–H groups in total. The summed E-state index contributed by atoms with van der Waals surface area (Å²) in [4.78, 5) is 31.5. The molecular formula is C18H16N2O3. The Balaban J connectivity index is 1.64. The van der Waals surface area contributed by atoms with Gasteiger partial charge in [-0.1, -0.05) is 0 Å². The lowest BCUT2D eigenvalue weighted by atomic mass is 10.0. The summed E-state index contributed by atoms with van der Waals surface area (Å²) in [6, 6.07) is 12.2. The molecule has 23 heavy (non-hydrogen) atoms. The van der Waals surface area contributed by atoms with Crippen molar-refractivity contribution in [3.8, 4) is 5.75 Å². The number of Topliss-reactive ketones (excluding diaryl/α,β-unsaturated/α-hetero) is 2. The van der Waals surface area contributed by atoms with E-state index in [-0.39, 0.29) is 24.4 Å². The van der Waals surface area contributed by atoms with Crippen LogP contribution in [0, 0.1) is 0 Å². The monoisotopic (exact) mass is 308 g/mol. The van der Waals surface area contributed by atoms with Crippen LogP contribution in [-0.4, -0.2) is 28.6 Å². The third kappa shape index (κ3) is 3.29. The van der Waals surface area contributed by atoms with Crippen LogP contribution in [0.2, 0.25) is 0 Å². The Hall–Kier alpha value is -2.95. The lowest BCUT2D eigenvalue weighted by Gasteiger charge is -2.03. The van der Waals surface area contributed by atoms with E-state index in [1.54, 1.807) is 55.9 Å². The summed E-state index contributed by atoms with van der Waals surface area (Å²) in [7, 11) is 1.58. The minimum Gasteiger partial charge on any atom is -0.497 e. The molecule has 0 saturated heterocycles. The molecule has 3 rings (SSSR count). The number of nitrogens with zero attached hydrogens (tertiary/aromatic N) is 1. The minimum absolute atomic E-state index is 0.0522. The number of carbonyl (C=O) groups excluding carboxylic acids is 2. The standard InChI is InChI=1S/C18H16N2O3/c1-23-14-5-2-12(3-6-14)17(21)8-9-18(22)13-4-7-15-16(10-13)20-11-19-15/h2-7,10-11H,8-9H2,1H3,(H,19,20). The maximum absolute atomic E-state index is 12.2. The van der Waals surface area contributed by atoms with Gasteiger partial charge in [-0.15, -0.1) is 0 Å². The molecule has 0 unspecified atom stereocenters. The van der Waals surface area contributed by atoms with E-state index in [0.29, 0.717) is 16.9 Å². The summed E-state index contributed by atoms with van der Waals surface area (Å²) in [6.07, 6.45) is 1.96. The average Bonchev–Trinajstić information content (AvgIpc) is 3.07. The number of hydrogen-bond donors (Lipinski definition) is 1. The molecule has 5 nitrogen and oxygen atoms in total. The molecule has 0 amide bonds. The van der Waals surface area contributed by atoms with Gasteiger partial charge >= 0.3 is 0 Å². The highest BCUT2D eigenvalue weighted by Gasteiger charge is 2.12. The largest absolute Gasteiger partial charge is 0.497 e. The molecule has 0 atom stereocenters. The molecule has 1 aromatic heterocycles. The van der Waals surface area contributed by atoms with Crippen LogP contribution in [0.1, 0.15) is 33.6 Å². The van der Waals surface area contributed by atoms with E-state index in [1.807, 2.05) is 0 Å². The molecule has 0 spiro atoms. The Bertz CT molecular complexity index is 850. The number of aromatic amines is 1. The van der Waals surface area contributed by atoms with E-state index in [0.717, 1.165) is 11.0 Å². The molecule has 2 aromatic carbocycles. The second kappa shape index (κ2) is 6.44. The van der Waals surface area contributed by atoms with Gasteiger partial charge in [0.2, 0.25) is 0 Å². The van der Waals surface area contributed by atoms with Crippen molar-refractivity contribution in [3.63, 3.8) is 0 Å². The molecule has 0 aliphatic carbocycles. The van der Waals surface area contributed by atoms with Crippen molar-refractivity contribution in [2.24, 2.45) is 0 Å². The van der Waals surface area contributed by atoms with Gasteiger partial charge in [0, 0.05) is 24.0 Å². The Morgan fingerprint density at radius 2 is 1.65 bits per heavy atom. The first-order valence-corrected chi connectivity index (χ1v) is 7.31. The number of fused-ring (bicyclic) bond motifs is 1. The van der Waals surface area contributed by atoms with Crippen molar-refractivity contribution in [3.05, 3.63) is 59.9 Å². The molecule has 3 aromatic rings. The molecule has 116 valence electrons. The first kappa shape index (κ1) is 15.0. The molecule has 0 aliphatic rings. The van der Waals surface area contributed by atoms with Crippen LogP contribution in [0.5, 0.6) is 5.75 Å². The Kier molecular flexibility index (Phi) is 4.19. The smallest absolute Gasteiger partial charge is 0.163 e. The van der Waals surface area contributed by atoms with Crippen LogP contribution < -0.4 is 4.74 Å². The zero-order chi connectivity index (χ0) is 16.2. The second-order valence-corrected chi connectivity index (χ2v) is 5.21. The van der Waals surface area contributed by atoms with Gasteiger partial charge in [-0.2, -0.15) is 0 Å². The summed E-state index contributed by atoms with van der Waals surface area (Å²) in [5.41, 5.74) is 2.81. The topological polar surface area (TPSA) is 72.1 Å². The van der Waals surface area contributed by atoms with Crippen molar-refractivity contribution < 1.29 is 14.3 Å². The van der Waals surface area contributed by atoms with Crippen LogP contribution in [0.15, 0.2) is 48.8 Å². The predicted molar refractivity (Wildman–Crippen MR) is 87.0 cm³/mol. The number of imidazole rings is 1. The number of H-pyrrole nitrogens is 1. The third-order valence-electron chi connectivity index (χ3n) is 3.73. The zero-order valence-electron chi connectivity index (χ0n) is 12.7. The van der Waals surface area contributed by atoms with Gasteiger partial charge in [0.1, 0.15) is 5.75 Å². The fourth-order valence-electron chi connectivity index (χ4n) is 2.40. The Morgan fingerprint density at radius 3 is 2.35 bits per heavy atom. The summed E-state index contributed by atoms with van der Waals surface area (Å²) in [5, 5.41) is 0. The quantitative estimate of drug-likeness (QED) is 0.708. The normalized spacial score (nSPS) is 10.7. The fraction of sp³-hybridized carbons (Fsp3) is 0.167. The summed E-state index contributed by atoms with van der Waals surface area (Å²) < 4.78 is 5.06. The van der Waals surface area contributed by atoms with Gasteiger partial charge in [0.25, 0.3) is 0 Å². The van der Waals surface area contributed by atoms with Gasteiger partial charge < -0.3 is 9.72 Å². The molecule has 0 fully saturated rings. The van der Waals surface area contributed by atoms with Crippen LogP contribution in [0.25, 0.3) is 11.0 Å². The average molecular weight is 308 g/mol. The molecule has 0 radical (unpaired) electrons. The number of aromatic nitrogens is 2. The molecular weight excluding hydrogens is 292 g/mol. The van der Waals surface area contributed by atoms with E-state index in [1.165, 1.54) is 0 Å². The maximum atomic E-state index is 12.2. The number of methoxy groups -OCH3 is 1. The molecule has 0 bridgehead atoms. The van der Waals surface area contributed by atoms with E-state index in [2.05, 4.69) is 9.97 Å². The van der Waals surface area contributed by atoms with Crippen LogP contribution in [0.4, 0.5) is 0 Å². The highest BCUT2D eigenvalue weighted by Crippen LogP contribution is 2.16. The van der Waals surface area contributed by atoms with E-state index in [4.69, 9.17) is 4.74 Å². The first-order valence-electron chi connectivity index (χ1n) is 7.31. The highest BCUT2D eigenvalue weighted by atomic mass is 16.5. The summed E-state index contributed by atoms with van der Waals surface area (Å²) in [5.74, 6) is 0.595. The van der Waals surface area contributed by atoms with Crippen LogP contribution in [0.3, 0.4) is 0 Å².